The Labute approximate surface area is 175 Å². The Morgan fingerprint density at radius 3 is 2.57 bits per heavy atom. The molecular formula is C23H14ClFN2O3. The Balaban J connectivity index is 1.83. The number of aryl methyl sites for hydroxylation is 1. The summed E-state index contributed by atoms with van der Waals surface area (Å²) in [4.78, 5) is 32.6. The summed E-state index contributed by atoms with van der Waals surface area (Å²) in [6.45, 7) is 1.81. The Morgan fingerprint density at radius 1 is 1.07 bits per heavy atom. The van der Waals surface area contributed by atoms with Gasteiger partial charge in [-0.1, -0.05) is 29.8 Å². The summed E-state index contributed by atoms with van der Waals surface area (Å²) >= 11 is 6.03. The Morgan fingerprint density at radius 2 is 1.83 bits per heavy atom. The number of carbonyl (C=O) groups excluding carboxylic acids is 1. The first kappa shape index (κ1) is 18.5. The van der Waals surface area contributed by atoms with Crippen LogP contribution in [-0.4, -0.2) is 10.9 Å². The zero-order valence-corrected chi connectivity index (χ0v) is 16.5. The van der Waals surface area contributed by atoms with Crippen molar-refractivity contribution < 1.29 is 13.6 Å². The lowest BCUT2D eigenvalue weighted by Crippen LogP contribution is -2.30. The van der Waals surface area contributed by atoms with Gasteiger partial charge in [0.2, 0.25) is 5.76 Å². The highest BCUT2D eigenvalue weighted by molar-refractivity contribution is 6.30. The number of hydrogen-bond donors (Lipinski definition) is 0. The van der Waals surface area contributed by atoms with Gasteiger partial charge < -0.3 is 4.42 Å². The van der Waals surface area contributed by atoms with Gasteiger partial charge in [0, 0.05) is 10.7 Å². The molecule has 4 aromatic rings. The number of halogens is 2. The summed E-state index contributed by atoms with van der Waals surface area (Å²) in [6.07, 6.45) is 0. The van der Waals surface area contributed by atoms with E-state index in [2.05, 4.69) is 4.98 Å². The minimum Gasteiger partial charge on any atom is -0.450 e. The molecule has 0 saturated carbocycles. The van der Waals surface area contributed by atoms with Crippen molar-refractivity contribution >= 4 is 34.3 Å². The first-order chi connectivity index (χ1) is 14.4. The number of nitrogens with zero attached hydrogens (tertiary/aromatic N) is 2. The van der Waals surface area contributed by atoms with Gasteiger partial charge in [0.15, 0.2) is 5.43 Å². The molecule has 1 atom stereocenters. The van der Waals surface area contributed by atoms with Gasteiger partial charge in [-0.05, 0) is 55.0 Å². The van der Waals surface area contributed by atoms with Crippen LogP contribution in [0.4, 0.5) is 10.2 Å². The fourth-order valence-corrected chi connectivity index (χ4v) is 3.93. The molecule has 5 rings (SSSR count). The molecule has 0 aliphatic carbocycles. The minimum atomic E-state index is -0.775. The molecule has 2 aromatic heterocycles. The third-order valence-corrected chi connectivity index (χ3v) is 5.39. The molecule has 0 bridgehead atoms. The average molecular weight is 421 g/mol. The summed E-state index contributed by atoms with van der Waals surface area (Å²) in [6, 6.07) is 15.0. The van der Waals surface area contributed by atoms with E-state index in [-0.39, 0.29) is 22.3 Å². The minimum absolute atomic E-state index is 0.0673. The maximum atomic E-state index is 13.8. The molecule has 0 unspecified atom stereocenters. The molecule has 0 saturated heterocycles. The largest absolute Gasteiger partial charge is 0.450 e. The third-order valence-electron chi connectivity index (χ3n) is 5.14. The summed E-state index contributed by atoms with van der Waals surface area (Å²) in [5, 5.41) is 0.607. The molecule has 3 heterocycles. The Bertz CT molecular complexity index is 1380. The smallest absolute Gasteiger partial charge is 0.296 e. The van der Waals surface area contributed by atoms with Crippen LogP contribution >= 0.6 is 11.6 Å². The van der Waals surface area contributed by atoms with Crippen molar-refractivity contribution in [1.29, 1.82) is 0 Å². The van der Waals surface area contributed by atoms with Crippen LogP contribution in [0.15, 0.2) is 69.9 Å². The molecule has 1 aliphatic rings. The summed E-state index contributed by atoms with van der Waals surface area (Å²) in [7, 11) is 0. The van der Waals surface area contributed by atoms with E-state index in [0.29, 0.717) is 16.4 Å². The van der Waals surface area contributed by atoms with E-state index in [0.717, 1.165) is 11.8 Å². The fourth-order valence-electron chi connectivity index (χ4n) is 3.80. The van der Waals surface area contributed by atoms with E-state index in [1.165, 1.54) is 17.0 Å². The summed E-state index contributed by atoms with van der Waals surface area (Å²) in [5.41, 5.74) is 1.25. The molecule has 0 radical (unpaired) electrons. The highest BCUT2D eigenvalue weighted by atomic mass is 35.5. The van der Waals surface area contributed by atoms with Crippen LogP contribution in [0.2, 0.25) is 5.02 Å². The van der Waals surface area contributed by atoms with Crippen molar-refractivity contribution in [3.63, 3.8) is 0 Å². The zero-order valence-electron chi connectivity index (χ0n) is 15.7. The van der Waals surface area contributed by atoms with Gasteiger partial charge in [-0.15, -0.1) is 0 Å². The molecule has 148 valence electrons. The number of fused-ring (bicyclic) bond motifs is 2. The number of carbonyl (C=O) groups is 1. The quantitative estimate of drug-likeness (QED) is 0.456. The fraction of sp³-hybridized carbons (Fsp3) is 0.0870. The van der Waals surface area contributed by atoms with Crippen molar-refractivity contribution in [3.8, 4) is 0 Å². The molecule has 0 fully saturated rings. The Hall–Kier alpha value is -3.51. The number of amides is 1. The molecule has 5 nitrogen and oxygen atoms in total. The maximum absolute atomic E-state index is 13.8. The lowest BCUT2D eigenvalue weighted by molar-refractivity contribution is 0.0970. The second-order valence-corrected chi connectivity index (χ2v) is 7.52. The van der Waals surface area contributed by atoms with Crippen LogP contribution in [0.3, 0.4) is 0 Å². The highest BCUT2D eigenvalue weighted by Crippen LogP contribution is 2.40. The summed E-state index contributed by atoms with van der Waals surface area (Å²) in [5.74, 6) is -0.714. The van der Waals surface area contributed by atoms with Crippen LogP contribution in [-0.2, 0) is 0 Å². The number of anilines is 1. The standard InChI is InChI=1S/C23H14ClFN2O3/c1-12-3-2-4-18(26-12)27-20(13-5-7-14(24)8-6-13)19-21(28)16-11-15(25)9-10-17(16)30-22(19)23(27)29/h2-11,20H,1H3/t20-/m0/s1. The molecule has 1 aliphatic heterocycles. The molecule has 0 spiro atoms. The van der Waals surface area contributed by atoms with Crippen LogP contribution in [0, 0.1) is 12.7 Å². The molecule has 1 amide bonds. The van der Waals surface area contributed by atoms with E-state index in [1.54, 1.807) is 36.4 Å². The van der Waals surface area contributed by atoms with Crippen LogP contribution < -0.4 is 10.3 Å². The van der Waals surface area contributed by atoms with Gasteiger partial charge in [0.05, 0.1) is 17.0 Å². The van der Waals surface area contributed by atoms with Gasteiger partial charge >= 0.3 is 0 Å². The predicted molar refractivity (Wildman–Crippen MR) is 112 cm³/mol. The second-order valence-electron chi connectivity index (χ2n) is 7.08. The predicted octanol–water partition coefficient (Wildman–Crippen LogP) is 5.04. The normalized spacial score (nSPS) is 15.6. The summed E-state index contributed by atoms with van der Waals surface area (Å²) < 4.78 is 19.6. The first-order valence-electron chi connectivity index (χ1n) is 9.23. The lowest BCUT2D eigenvalue weighted by Gasteiger charge is -2.24. The molecule has 7 heteroatoms. The molecular weight excluding hydrogens is 407 g/mol. The SMILES string of the molecule is Cc1cccc(N2C(=O)c3oc4ccc(F)cc4c(=O)c3[C@@H]2c2ccc(Cl)cc2)n1. The van der Waals surface area contributed by atoms with E-state index < -0.39 is 23.2 Å². The number of aromatic nitrogens is 1. The van der Waals surface area contributed by atoms with E-state index in [9.17, 15) is 14.0 Å². The van der Waals surface area contributed by atoms with Crippen molar-refractivity contribution in [1.82, 2.24) is 4.98 Å². The van der Waals surface area contributed by atoms with Crippen molar-refractivity contribution in [2.24, 2.45) is 0 Å². The maximum Gasteiger partial charge on any atom is 0.296 e. The van der Waals surface area contributed by atoms with Crippen molar-refractivity contribution in [3.05, 3.63) is 104 Å². The molecule has 0 N–H and O–H groups in total. The first-order valence-corrected chi connectivity index (χ1v) is 9.61. The van der Waals surface area contributed by atoms with E-state index in [1.807, 2.05) is 13.0 Å². The molecule has 30 heavy (non-hydrogen) atoms. The second kappa shape index (κ2) is 6.78. The van der Waals surface area contributed by atoms with Gasteiger partial charge in [-0.3, -0.25) is 14.5 Å². The number of hydrogen-bond acceptors (Lipinski definition) is 4. The highest BCUT2D eigenvalue weighted by Gasteiger charge is 2.44. The van der Waals surface area contributed by atoms with Crippen molar-refractivity contribution in [2.75, 3.05) is 4.90 Å². The zero-order chi connectivity index (χ0) is 21.0. The van der Waals surface area contributed by atoms with Crippen LogP contribution in [0.25, 0.3) is 11.0 Å². The topological polar surface area (TPSA) is 63.4 Å². The van der Waals surface area contributed by atoms with Gasteiger partial charge in [0.25, 0.3) is 5.91 Å². The van der Waals surface area contributed by atoms with Crippen molar-refractivity contribution in [2.45, 2.75) is 13.0 Å². The number of benzene rings is 2. The van der Waals surface area contributed by atoms with Crippen LogP contribution in [0.5, 0.6) is 0 Å². The van der Waals surface area contributed by atoms with Gasteiger partial charge in [0.1, 0.15) is 17.2 Å². The van der Waals surface area contributed by atoms with Gasteiger partial charge in [-0.2, -0.15) is 0 Å². The lowest BCUT2D eigenvalue weighted by atomic mass is 9.98. The van der Waals surface area contributed by atoms with E-state index >= 15 is 0 Å². The molecule has 2 aromatic carbocycles. The monoisotopic (exact) mass is 420 g/mol. The van der Waals surface area contributed by atoms with Gasteiger partial charge in [-0.25, -0.2) is 9.37 Å². The Kier molecular flexibility index (Phi) is 4.18. The van der Waals surface area contributed by atoms with Crippen LogP contribution in [0.1, 0.15) is 33.4 Å². The third kappa shape index (κ3) is 2.80. The number of rotatable bonds is 2. The van der Waals surface area contributed by atoms with E-state index in [4.69, 9.17) is 16.0 Å². The number of pyridine rings is 1. The average Bonchev–Trinajstić information content (AvgIpc) is 3.02.